The molecular weight excluding hydrogens is 285 g/mol. The first-order valence-corrected chi connectivity index (χ1v) is 8.23. The van der Waals surface area contributed by atoms with Gasteiger partial charge in [0.1, 0.15) is 6.10 Å². The zero-order valence-corrected chi connectivity index (χ0v) is 13.9. The summed E-state index contributed by atoms with van der Waals surface area (Å²) in [5.41, 5.74) is 0. The van der Waals surface area contributed by atoms with Crippen LogP contribution in [0.15, 0.2) is 0 Å². The predicted octanol–water partition coefficient (Wildman–Crippen LogP) is 1.37. The van der Waals surface area contributed by atoms with Gasteiger partial charge in [0, 0.05) is 6.42 Å². The van der Waals surface area contributed by atoms with Crippen molar-refractivity contribution in [2.24, 2.45) is 0 Å². The summed E-state index contributed by atoms with van der Waals surface area (Å²) in [6.45, 7) is 4.94. The van der Waals surface area contributed by atoms with Crippen molar-refractivity contribution >= 4 is 7.82 Å². The second-order valence-electron chi connectivity index (χ2n) is 6.42. The molecule has 0 spiro atoms. The molecule has 0 aliphatic carbocycles. The average molecular weight is 312 g/mol. The number of quaternary nitrogens is 1. The van der Waals surface area contributed by atoms with Gasteiger partial charge in [-0.15, -0.1) is 0 Å². The van der Waals surface area contributed by atoms with E-state index in [2.05, 4.69) is 0 Å². The van der Waals surface area contributed by atoms with E-state index in [9.17, 15) is 9.46 Å². The standard InChI is InChI=1S/C12H26NO6P/c1-12(2)16-9-11(19-12)10-18-20(14,15)17-8-6-7-13(3,4)5/h11H,6-10H2,1-5H3/p+1. The maximum absolute atomic E-state index is 11.7. The van der Waals surface area contributed by atoms with Crippen LogP contribution in [0.2, 0.25) is 0 Å². The van der Waals surface area contributed by atoms with Crippen molar-refractivity contribution in [3.8, 4) is 0 Å². The van der Waals surface area contributed by atoms with Gasteiger partial charge < -0.3 is 18.9 Å². The van der Waals surface area contributed by atoms with Crippen LogP contribution in [-0.2, 0) is 23.1 Å². The first-order valence-electron chi connectivity index (χ1n) is 6.73. The number of phosphoric acid groups is 1. The van der Waals surface area contributed by atoms with Gasteiger partial charge in [-0.05, 0) is 13.8 Å². The quantitative estimate of drug-likeness (QED) is 0.414. The zero-order chi connectivity index (χ0) is 15.4. The number of hydrogen-bond acceptors (Lipinski definition) is 5. The molecule has 2 atom stereocenters. The van der Waals surface area contributed by atoms with Gasteiger partial charge in [0.2, 0.25) is 0 Å². The van der Waals surface area contributed by atoms with Crippen LogP contribution in [-0.4, -0.2) is 68.8 Å². The van der Waals surface area contributed by atoms with Crippen molar-refractivity contribution < 1.29 is 32.5 Å². The van der Waals surface area contributed by atoms with Gasteiger partial charge >= 0.3 is 7.82 Å². The minimum Gasteiger partial charge on any atom is -0.348 e. The molecule has 1 saturated heterocycles. The molecule has 0 bridgehead atoms. The van der Waals surface area contributed by atoms with Crippen LogP contribution >= 0.6 is 7.82 Å². The second kappa shape index (κ2) is 6.83. The molecule has 0 amide bonds. The van der Waals surface area contributed by atoms with Gasteiger partial charge in [-0.2, -0.15) is 0 Å². The smallest absolute Gasteiger partial charge is 0.348 e. The normalized spacial score (nSPS) is 25.6. The van der Waals surface area contributed by atoms with E-state index in [-0.39, 0.29) is 19.3 Å². The van der Waals surface area contributed by atoms with Crippen LogP contribution in [0.25, 0.3) is 0 Å². The monoisotopic (exact) mass is 312 g/mol. The van der Waals surface area contributed by atoms with E-state index in [0.717, 1.165) is 11.0 Å². The lowest BCUT2D eigenvalue weighted by Crippen LogP contribution is -2.35. The highest BCUT2D eigenvalue weighted by atomic mass is 31.2. The molecular formula is C12H27NO6P+. The van der Waals surface area contributed by atoms with E-state index < -0.39 is 13.6 Å². The molecule has 0 aromatic carbocycles. The molecule has 7 nitrogen and oxygen atoms in total. The second-order valence-corrected chi connectivity index (χ2v) is 7.87. The van der Waals surface area contributed by atoms with Crippen molar-refractivity contribution in [3.63, 3.8) is 0 Å². The van der Waals surface area contributed by atoms with E-state index >= 15 is 0 Å². The molecule has 1 heterocycles. The van der Waals surface area contributed by atoms with Crippen molar-refractivity contribution in [3.05, 3.63) is 0 Å². The van der Waals surface area contributed by atoms with Crippen LogP contribution in [0, 0.1) is 0 Å². The fourth-order valence-electron chi connectivity index (χ4n) is 1.78. The fourth-order valence-corrected chi connectivity index (χ4v) is 2.57. The third kappa shape index (κ3) is 7.69. The van der Waals surface area contributed by atoms with E-state index in [1.165, 1.54) is 0 Å². The Bertz CT molecular complexity index is 354. The maximum atomic E-state index is 11.7. The molecule has 8 heteroatoms. The Kier molecular flexibility index (Phi) is 6.16. The van der Waals surface area contributed by atoms with Crippen molar-refractivity contribution in [1.29, 1.82) is 0 Å². The van der Waals surface area contributed by atoms with Gasteiger partial charge in [0.05, 0.1) is 47.5 Å². The number of phosphoric ester groups is 1. The largest absolute Gasteiger partial charge is 0.472 e. The van der Waals surface area contributed by atoms with Crippen LogP contribution in [0.5, 0.6) is 0 Å². The average Bonchev–Trinajstić information content (AvgIpc) is 2.61. The van der Waals surface area contributed by atoms with Gasteiger partial charge in [-0.1, -0.05) is 0 Å². The highest BCUT2D eigenvalue weighted by Gasteiger charge is 2.34. The predicted molar refractivity (Wildman–Crippen MR) is 74.1 cm³/mol. The number of ether oxygens (including phenoxy) is 2. The van der Waals surface area contributed by atoms with Crippen molar-refractivity contribution in [2.75, 3.05) is 47.5 Å². The maximum Gasteiger partial charge on any atom is 0.472 e. The molecule has 0 radical (unpaired) electrons. The number of hydrogen-bond donors (Lipinski definition) is 1. The minimum atomic E-state index is -4.01. The van der Waals surface area contributed by atoms with Crippen LogP contribution in [0.4, 0.5) is 0 Å². The van der Waals surface area contributed by atoms with Crippen LogP contribution in [0.3, 0.4) is 0 Å². The lowest BCUT2D eigenvalue weighted by Gasteiger charge is -2.23. The van der Waals surface area contributed by atoms with Gasteiger partial charge in [-0.3, -0.25) is 9.05 Å². The molecule has 1 aliphatic heterocycles. The third-order valence-electron chi connectivity index (χ3n) is 2.72. The van der Waals surface area contributed by atoms with E-state index in [1.807, 2.05) is 21.1 Å². The molecule has 2 unspecified atom stereocenters. The van der Waals surface area contributed by atoms with Crippen molar-refractivity contribution in [1.82, 2.24) is 0 Å². The Balaban J connectivity index is 2.20. The molecule has 20 heavy (non-hydrogen) atoms. The highest BCUT2D eigenvalue weighted by molar-refractivity contribution is 7.47. The van der Waals surface area contributed by atoms with Crippen LogP contribution in [0.1, 0.15) is 20.3 Å². The summed E-state index contributed by atoms with van der Waals surface area (Å²) in [6.07, 6.45) is 0.341. The van der Waals surface area contributed by atoms with Gasteiger partial charge in [0.15, 0.2) is 5.79 Å². The molecule has 0 aromatic rings. The molecule has 1 N–H and O–H groups in total. The third-order valence-corrected chi connectivity index (χ3v) is 3.70. The van der Waals surface area contributed by atoms with E-state index in [4.69, 9.17) is 18.5 Å². The summed E-state index contributed by atoms with van der Waals surface area (Å²) >= 11 is 0. The summed E-state index contributed by atoms with van der Waals surface area (Å²) in [6, 6.07) is 0. The first-order chi connectivity index (χ1) is 8.99. The minimum absolute atomic E-state index is 0.0213. The summed E-state index contributed by atoms with van der Waals surface area (Å²) in [5.74, 6) is -0.668. The van der Waals surface area contributed by atoms with E-state index in [1.54, 1.807) is 13.8 Å². The molecule has 1 fully saturated rings. The first kappa shape index (κ1) is 18.0. The summed E-state index contributed by atoms with van der Waals surface area (Å²) < 4.78 is 33.1. The van der Waals surface area contributed by atoms with E-state index in [0.29, 0.717) is 13.0 Å². The Morgan fingerprint density at radius 3 is 2.50 bits per heavy atom. The lowest BCUT2D eigenvalue weighted by molar-refractivity contribution is -0.870. The Morgan fingerprint density at radius 1 is 1.35 bits per heavy atom. The molecule has 1 rings (SSSR count). The summed E-state index contributed by atoms with van der Waals surface area (Å²) in [7, 11) is 2.14. The van der Waals surface area contributed by atoms with Crippen molar-refractivity contribution in [2.45, 2.75) is 32.2 Å². The lowest BCUT2D eigenvalue weighted by atomic mass is 10.4. The van der Waals surface area contributed by atoms with Gasteiger partial charge in [0.25, 0.3) is 0 Å². The van der Waals surface area contributed by atoms with Gasteiger partial charge in [-0.25, -0.2) is 4.57 Å². The number of nitrogens with zero attached hydrogens (tertiary/aromatic N) is 1. The Labute approximate surface area is 121 Å². The molecule has 120 valence electrons. The summed E-state index contributed by atoms with van der Waals surface area (Å²) in [4.78, 5) is 9.54. The molecule has 0 saturated carbocycles. The molecule has 0 aromatic heterocycles. The SMILES string of the molecule is CC1(C)OCC(COP(=O)(O)OCCC[N+](C)(C)C)O1. The number of rotatable bonds is 8. The zero-order valence-electron chi connectivity index (χ0n) is 13.0. The topological polar surface area (TPSA) is 74.2 Å². The Hall–Kier alpha value is -0.0100. The Morgan fingerprint density at radius 2 is 2.00 bits per heavy atom. The highest BCUT2D eigenvalue weighted by Crippen LogP contribution is 2.43. The molecule has 1 aliphatic rings. The van der Waals surface area contributed by atoms with Crippen LogP contribution < -0.4 is 0 Å². The fraction of sp³-hybridized carbons (Fsp3) is 1.00. The summed E-state index contributed by atoms with van der Waals surface area (Å²) in [5, 5.41) is 0.